The van der Waals surface area contributed by atoms with Crippen molar-refractivity contribution in [3.05, 3.63) is 58.9 Å². The first-order valence-electron chi connectivity index (χ1n) is 5.72. The Bertz CT molecular complexity index is 572. The molecule has 98 valence electrons. The largest absolute Gasteiger partial charge is 0.477 e. The van der Waals surface area contributed by atoms with Crippen molar-refractivity contribution in [3.63, 3.8) is 0 Å². The van der Waals surface area contributed by atoms with Gasteiger partial charge in [-0.1, -0.05) is 23.7 Å². The lowest BCUT2D eigenvalue weighted by Crippen LogP contribution is -1.99. The molecule has 0 fully saturated rings. The standard InChI is InChI=1S/C14H12ClNO2S/c15-11-3-1-10(2-4-11)6-8-19-12-5-7-16-13(9-12)14(17)18/h1-5,7,9H,6,8H2,(H,17,18). The molecule has 19 heavy (non-hydrogen) atoms. The van der Waals surface area contributed by atoms with Gasteiger partial charge in [-0.3, -0.25) is 0 Å². The normalized spacial score (nSPS) is 10.4. The molecule has 2 rings (SSSR count). The topological polar surface area (TPSA) is 50.2 Å². The molecule has 0 amide bonds. The molecule has 2 aromatic rings. The minimum atomic E-state index is -1.000. The molecule has 0 bridgehead atoms. The van der Waals surface area contributed by atoms with E-state index in [0.717, 1.165) is 22.1 Å². The van der Waals surface area contributed by atoms with E-state index in [2.05, 4.69) is 4.98 Å². The molecule has 0 saturated heterocycles. The van der Waals surface area contributed by atoms with E-state index in [9.17, 15) is 4.79 Å². The van der Waals surface area contributed by atoms with Crippen molar-refractivity contribution in [3.8, 4) is 0 Å². The van der Waals surface area contributed by atoms with Gasteiger partial charge in [-0.15, -0.1) is 11.8 Å². The summed E-state index contributed by atoms with van der Waals surface area (Å²) in [5.74, 6) is -0.120. The summed E-state index contributed by atoms with van der Waals surface area (Å²) in [6, 6.07) is 11.1. The third-order valence-electron chi connectivity index (χ3n) is 2.52. The molecular formula is C14H12ClNO2S. The summed E-state index contributed by atoms with van der Waals surface area (Å²) in [4.78, 5) is 15.5. The smallest absolute Gasteiger partial charge is 0.354 e. The van der Waals surface area contributed by atoms with Crippen LogP contribution in [0.5, 0.6) is 0 Å². The first-order valence-corrected chi connectivity index (χ1v) is 7.08. The van der Waals surface area contributed by atoms with E-state index >= 15 is 0 Å². The number of hydrogen-bond donors (Lipinski definition) is 1. The maximum absolute atomic E-state index is 10.8. The Hall–Kier alpha value is -1.52. The number of carboxylic acid groups (broad SMARTS) is 1. The number of aromatic nitrogens is 1. The number of aromatic carboxylic acids is 1. The quantitative estimate of drug-likeness (QED) is 0.853. The highest BCUT2D eigenvalue weighted by molar-refractivity contribution is 7.99. The van der Waals surface area contributed by atoms with Crippen LogP contribution in [0.3, 0.4) is 0 Å². The van der Waals surface area contributed by atoms with E-state index in [1.807, 2.05) is 30.3 Å². The van der Waals surface area contributed by atoms with Crippen LogP contribution in [-0.4, -0.2) is 21.8 Å². The van der Waals surface area contributed by atoms with Crippen LogP contribution >= 0.6 is 23.4 Å². The van der Waals surface area contributed by atoms with Crippen molar-refractivity contribution < 1.29 is 9.90 Å². The number of aryl methyl sites for hydroxylation is 1. The lowest BCUT2D eigenvalue weighted by Gasteiger charge is -2.03. The molecule has 5 heteroatoms. The molecule has 0 spiro atoms. The van der Waals surface area contributed by atoms with Gasteiger partial charge >= 0.3 is 5.97 Å². The Morgan fingerprint density at radius 2 is 2.00 bits per heavy atom. The zero-order valence-corrected chi connectivity index (χ0v) is 11.6. The Labute approximate surface area is 120 Å². The van der Waals surface area contributed by atoms with Crippen molar-refractivity contribution in [2.75, 3.05) is 5.75 Å². The van der Waals surface area contributed by atoms with Crippen LogP contribution in [0.1, 0.15) is 16.1 Å². The van der Waals surface area contributed by atoms with Gasteiger partial charge in [-0.2, -0.15) is 0 Å². The lowest BCUT2D eigenvalue weighted by atomic mass is 10.2. The number of pyridine rings is 1. The zero-order chi connectivity index (χ0) is 13.7. The van der Waals surface area contributed by atoms with Gasteiger partial charge in [0.25, 0.3) is 0 Å². The number of thioether (sulfide) groups is 1. The lowest BCUT2D eigenvalue weighted by molar-refractivity contribution is 0.0690. The van der Waals surface area contributed by atoms with Crippen LogP contribution in [-0.2, 0) is 6.42 Å². The highest BCUT2D eigenvalue weighted by Gasteiger charge is 2.05. The molecule has 0 saturated carbocycles. The van der Waals surface area contributed by atoms with Crippen LogP contribution in [0.15, 0.2) is 47.5 Å². The van der Waals surface area contributed by atoms with Crippen molar-refractivity contribution in [2.24, 2.45) is 0 Å². The zero-order valence-electron chi connectivity index (χ0n) is 10.0. The van der Waals surface area contributed by atoms with Gasteiger partial charge in [0.15, 0.2) is 0 Å². The van der Waals surface area contributed by atoms with E-state index < -0.39 is 5.97 Å². The average molecular weight is 294 g/mol. The van der Waals surface area contributed by atoms with E-state index in [-0.39, 0.29) is 5.69 Å². The summed E-state index contributed by atoms with van der Waals surface area (Å²) in [6.45, 7) is 0. The van der Waals surface area contributed by atoms with Gasteiger partial charge in [0.2, 0.25) is 0 Å². The van der Waals surface area contributed by atoms with Gasteiger partial charge in [0, 0.05) is 21.9 Å². The Morgan fingerprint density at radius 3 is 2.68 bits per heavy atom. The maximum atomic E-state index is 10.8. The summed E-state index contributed by atoms with van der Waals surface area (Å²) in [5.41, 5.74) is 1.29. The van der Waals surface area contributed by atoms with Crippen LogP contribution in [0, 0.1) is 0 Å². The predicted octanol–water partition coefficient (Wildman–Crippen LogP) is 3.77. The molecule has 1 aromatic carbocycles. The van der Waals surface area contributed by atoms with Crippen LogP contribution < -0.4 is 0 Å². The molecule has 0 radical (unpaired) electrons. The molecule has 0 aliphatic heterocycles. The van der Waals surface area contributed by atoms with Gasteiger partial charge < -0.3 is 5.11 Å². The number of nitrogens with zero attached hydrogens (tertiary/aromatic N) is 1. The molecule has 1 N–H and O–H groups in total. The number of benzene rings is 1. The molecular weight excluding hydrogens is 282 g/mol. The molecule has 0 aliphatic rings. The maximum Gasteiger partial charge on any atom is 0.354 e. The van der Waals surface area contributed by atoms with E-state index in [4.69, 9.17) is 16.7 Å². The molecule has 3 nitrogen and oxygen atoms in total. The highest BCUT2D eigenvalue weighted by Crippen LogP contribution is 2.20. The Balaban J connectivity index is 1.90. The second-order valence-electron chi connectivity index (χ2n) is 3.91. The fourth-order valence-corrected chi connectivity index (χ4v) is 2.61. The monoisotopic (exact) mass is 293 g/mol. The van der Waals surface area contributed by atoms with Crippen LogP contribution in [0.4, 0.5) is 0 Å². The molecule has 1 heterocycles. The SMILES string of the molecule is O=C(O)c1cc(SCCc2ccc(Cl)cc2)ccn1. The number of rotatable bonds is 5. The van der Waals surface area contributed by atoms with E-state index in [1.165, 1.54) is 11.8 Å². The Kier molecular flexibility index (Phi) is 4.82. The number of halogens is 1. The summed E-state index contributed by atoms with van der Waals surface area (Å²) in [5, 5.41) is 9.59. The number of carbonyl (C=O) groups is 1. The Morgan fingerprint density at radius 1 is 1.26 bits per heavy atom. The number of hydrogen-bond acceptors (Lipinski definition) is 3. The fourth-order valence-electron chi connectivity index (χ4n) is 1.56. The summed E-state index contributed by atoms with van der Waals surface area (Å²) < 4.78 is 0. The molecule has 0 aliphatic carbocycles. The first-order chi connectivity index (χ1) is 9.15. The van der Waals surface area contributed by atoms with Crippen molar-refractivity contribution in [1.29, 1.82) is 0 Å². The highest BCUT2D eigenvalue weighted by atomic mass is 35.5. The summed E-state index contributed by atoms with van der Waals surface area (Å²) >= 11 is 7.44. The second-order valence-corrected chi connectivity index (χ2v) is 5.51. The fraction of sp³-hybridized carbons (Fsp3) is 0.143. The molecule has 1 aromatic heterocycles. The van der Waals surface area contributed by atoms with Crippen molar-refractivity contribution in [1.82, 2.24) is 4.98 Å². The second kappa shape index (κ2) is 6.59. The van der Waals surface area contributed by atoms with Gasteiger partial charge in [0.05, 0.1) is 0 Å². The van der Waals surface area contributed by atoms with Crippen molar-refractivity contribution >= 4 is 29.3 Å². The van der Waals surface area contributed by atoms with Crippen LogP contribution in [0.2, 0.25) is 5.02 Å². The number of carboxylic acids is 1. The van der Waals surface area contributed by atoms with E-state index in [0.29, 0.717) is 0 Å². The van der Waals surface area contributed by atoms with Gasteiger partial charge in [-0.25, -0.2) is 9.78 Å². The third-order valence-corrected chi connectivity index (χ3v) is 3.77. The van der Waals surface area contributed by atoms with Gasteiger partial charge in [0.1, 0.15) is 5.69 Å². The minimum absolute atomic E-state index is 0.0801. The van der Waals surface area contributed by atoms with Crippen molar-refractivity contribution in [2.45, 2.75) is 11.3 Å². The van der Waals surface area contributed by atoms with Gasteiger partial charge in [-0.05, 0) is 36.2 Å². The average Bonchev–Trinajstić information content (AvgIpc) is 2.41. The van der Waals surface area contributed by atoms with E-state index in [1.54, 1.807) is 17.8 Å². The first kappa shape index (κ1) is 13.9. The summed E-state index contributed by atoms with van der Waals surface area (Å²) in [6.07, 6.45) is 2.43. The third kappa shape index (κ3) is 4.26. The minimum Gasteiger partial charge on any atom is -0.477 e. The summed E-state index contributed by atoms with van der Waals surface area (Å²) in [7, 11) is 0. The molecule has 0 atom stereocenters. The predicted molar refractivity (Wildman–Crippen MR) is 77.1 cm³/mol. The molecule has 0 unspecified atom stereocenters. The van der Waals surface area contributed by atoms with Crippen LogP contribution in [0.25, 0.3) is 0 Å².